The van der Waals surface area contributed by atoms with E-state index < -0.39 is 30.0 Å². The van der Waals surface area contributed by atoms with Crippen molar-refractivity contribution in [1.29, 1.82) is 0 Å². The first-order valence-corrected chi connectivity index (χ1v) is 10.0. The first-order valence-electron chi connectivity index (χ1n) is 10.0. The molecule has 0 aliphatic heterocycles. The standard InChI is InChI=1S/C24H21F3N2O5/c25-24(26,27)34-18-10-8-16(9-11-18)20(30)13-29-23(32)17-5-3-4-15(12-17)14-33-21-7-2-1-6-19(21)22(28)31/h1-12,20,30H,13-14H2,(H2,28,31)(H,29,32). The van der Waals surface area contributed by atoms with Gasteiger partial charge in [0.25, 0.3) is 11.8 Å². The van der Waals surface area contributed by atoms with E-state index in [2.05, 4.69) is 10.1 Å². The van der Waals surface area contributed by atoms with E-state index in [1.807, 2.05) is 0 Å². The number of nitrogens with two attached hydrogens (primary N) is 1. The molecule has 1 atom stereocenters. The maximum atomic E-state index is 12.5. The molecular weight excluding hydrogens is 453 g/mol. The lowest BCUT2D eigenvalue weighted by molar-refractivity contribution is -0.274. The highest BCUT2D eigenvalue weighted by Gasteiger charge is 2.31. The van der Waals surface area contributed by atoms with Gasteiger partial charge >= 0.3 is 6.36 Å². The Bertz CT molecular complexity index is 1150. The minimum atomic E-state index is -4.81. The number of aliphatic hydroxyl groups is 1. The average molecular weight is 474 g/mol. The van der Waals surface area contributed by atoms with Gasteiger partial charge in [0.15, 0.2) is 0 Å². The molecule has 3 aromatic rings. The van der Waals surface area contributed by atoms with Crippen LogP contribution >= 0.6 is 0 Å². The monoisotopic (exact) mass is 474 g/mol. The molecule has 7 nitrogen and oxygen atoms in total. The van der Waals surface area contributed by atoms with Gasteiger partial charge in [0, 0.05) is 12.1 Å². The van der Waals surface area contributed by atoms with Crippen LogP contribution < -0.4 is 20.5 Å². The number of alkyl halides is 3. The van der Waals surface area contributed by atoms with Gasteiger partial charge in [-0.25, -0.2) is 0 Å². The average Bonchev–Trinajstić information content (AvgIpc) is 2.80. The molecule has 178 valence electrons. The number of carbonyl (C=O) groups is 2. The van der Waals surface area contributed by atoms with Gasteiger partial charge in [-0.1, -0.05) is 36.4 Å². The van der Waals surface area contributed by atoms with Crippen LogP contribution in [0.1, 0.15) is 37.9 Å². The smallest absolute Gasteiger partial charge is 0.488 e. The molecule has 0 fully saturated rings. The van der Waals surface area contributed by atoms with E-state index in [0.717, 1.165) is 12.1 Å². The summed E-state index contributed by atoms with van der Waals surface area (Å²) in [5.41, 5.74) is 6.86. The largest absolute Gasteiger partial charge is 0.573 e. The van der Waals surface area contributed by atoms with Gasteiger partial charge in [-0.15, -0.1) is 13.2 Å². The highest BCUT2D eigenvalue weighted by Crippen LogP contribution is 2.24. The van der Waals surface area contributed by atoms with Gasteiger partial charge in [-0.3, -0.25) is 9.59 Å². The number of halogens is 3. The molecule has 34 heavy (non-hydrogen) atoms. The number of aliphatic hydroxyl groups excluding tert-OH is 1. The second-order valence-corrected chi connectivity index (χ2v) is 7.19. The highest BCUT2D eigenvalue weighted by atomic mass is 19.4. The number of benzene rings is 3. The predicted octanol–water partition coefficient (Wildman–Crippen LogP) is 3.73. The third-order valence-electron chi connectivity index (χ3n) is 4.69. The summed E-state index contributed by atoms with van der Waals surface area (Å²) in [6.45, 7) is -0.0780. The van der Waals surface area contributed by atoms with Crippen molar-refractivity contribution in [2.75, 3.05) is 6.54 Å². The lowest BCUT2D eigenvalue weighted by Gasteiger charge is -2.14. The maximum Gasteiger partial charge on any atom is 0.573 e. The summed E-state index contributed by atoms with van der Waals surface area (Å²) in [5.74, 6) is -1.18. The maximum absolute atomic E-state index is 12.5. The summed E-state index contributed by atoms with van der Waals surface area (Å²) in [6.07, 6.45) is -5.94. The van der Waals surface area contributed by atoms with Crippen molar-refractivity contribution in [2.45, 2.75) is 19.1 Å². The Balaban J connectivity index is 1.56. The Kier molecular flexibility index (Phi) is 7.75. The van der Waals surface area contributed by atoms with Crippen molar-refractivity contribution in [3.63, 3.8) is 0 Å². The summed E-state index contributed by atoms with van der Waals surface area (Å²) >= 11 is 0. The second-order valence-electron chi connectivity index (χ2n) is 7.19. The quantitative estimate of drug-likeness (QED) is 0.438. The van der Waals surface area contributed by atoms with Crippen LogP contribution in [-0.4, -0.2) is 29.8 Å². The molecule has 10 heteroatoms. The van der Waals surface area contributed by atoms with Crippen LogP contribution in [-0.2, 0) is 6.61 Å². The number of primary amides is 1. The molecule has 4 N–H and O–H groups in total. The molecule has 0 heterocycles. The van der Waals surface area contributed by atoms with Crippen LogP contribution in [0.5, 0.6) is 11.5 Å². The molecular formula is C24H21F3N2O5. The normalized spacial score (nSPS) is 12.0. The summed E-state index contributed by atoms with van der Waals surface area (Å²) in [6, 6.07) is 17.8. The van der Waals surface area contributed by atoms with Gasteiger partial charge in [-0.05, 0) is 47.5 Å². The Morgan fingerprint density at radius 3 is 2.38 bits per heavy atom. The summed E-state index contributed by atoms with van der Waals surface area (Å²) in [4.78, 5) is 24.0. The van der Waals surface area contributed by atoms with Gasteiger partial charge in [0.2, 0.25) is 0 Å². The van der Waals surface area contributed by atoms with Crippen molar-refractivity contribution in [3.05, 3.63) is 95.1 Å². The Morgan fingerprint density at radius 2 is 1.71 bits per heavy atom. The van der Waals surface area contributed by atoms with E-state index in [0.29, 0.717) is 22.4 Å². The molecule has 0 aliphatic carbocycles. The van der Waals surface area contributed by atoms with Gasteiger partial charge < -0.3 is 25.6 Å². The summed E-state index contributed by atoms with van der Waals surface area (Å²) < 4.78 is 46.2. The van der Waals surface area contributed by atoms with Crippen LogP contribution in [0, 0.1) is 0 Å². The van der Waals surface area contributed by atoms with E-state index in [9.17, 15) is 27.9 Å². The minimum absolute atomic E-state index is 0.0837. The first kappa shape index (κ1) is 24.6. The zero-order valence-corrected chi connectivity index (χ0v) is 17.7. The van der Waals surface area contributed by atoms with E-state index in [1.165, 1.54) is 12.1 Å². The second kappa shape index (κ2) is 10.7. The summed E-state index contributed by atoms with van der Waals surface area (Å²) in [7, 11) is 0. The molecule has 0 bridgehead atoms. The lowest BCUT2D eigenvalue weighted by Crippen LogP contribution is -2.28. The van der Waals surface area contributed by atoms with Crippen LogP contribution in [0.15, 0.2) is 72.8 Å². The zero-order valence-electron chi connectivity index (χ0n) is 17.7. The van der Waals surface area contributed by atoms with Crippen molar-refractivity contribution >= 4 is 11.8 Å². The van der Waals surface area contributed by atoms with Crippen molar-refractivity contribution in [1.82, 2.24) is 5.32 Å². The van der Waals surface area contributed by atoms with E-state index in [4.69, 9.17) is 10.5 Å². The molecule has 1 unspecified atom stereocenters. The third-order valence-corrected chi connectivity index (χ3v) is 4.69. The molecule has 0 aromatic heterocycles. The fourth-order valence-electron chi connectivity index (χ4n) is 3.06. The molecule has 3 rings (SSSR count). The van der Waals surface area contributed by atoms with Gasteiger partial charge in [0.1, 0.15) is 18.1 Å². The Labute approximate surface area is 192 Å². The van der Waals surface area contributed by atoms with Crippen molar-refractivity contribution in [3.8, 4) is 11.5 Å². The molecule has 0 spiro atoms. The van der Waals surface area contributed by atoms with Crippen LogP contribution in [0.4, 0.5) is 13.2 Å². The molecule has 2 amide bonds. The number of rotatable bonds is 9. The zero-order chi connectivity index (χ0) is 24.7. The number of para-hydroxylation sites is 1. The topological polar surface area (TPSA) is 111 Å². The van der Waals surface area contributed by atoms with Crippen LogP contribution in [0.2, 0.25) is 0 Å². The first-order chi connectivity index (χ1) is 16.1. The van der Waals surface area contributed by atoms with Crippen molar-refractivity contribution < 1.29 is 37.3 Å². The molecule has 0 saturated heterocycles. The van der Waals surface area contributed by atoms with E-state index in [-0.39, 0.29) is 18.7 Å². The van der Waals surface area contributed by atoms with Crippen LogP contribution in [0.25, 0.3) is 0 Å². The number of amides is 2. The van der Waals surface area contributed by atoms with E-state index in [1.54, 1.807) is 48.5 Å². The van der Waals surface area contributed by atoms with E-state index >= 15 is 0 Å². The fraction of sp³-hybridized carbons (Fsp3) is 0.167. The number of hydrogen-bond acceptors (Lipinski definition) is 5. The molecule has 0 radical (unpaired) electrons. The number of hydrogen-bond donors (Lipinski definition) is 3. The molecule has 0 saturated carbocycles. The molecule has 3 aromatic carbocycles. The number of carbonyl (C=O) groups excluding carboxylic acids is 2. The third kappa shape index (κ3) is 6.97. The summed E-state index contributed by atoms with van der Waals surface area (Å²) in [5, 5.41) is 12.8. The number of nitrogens with one attached hydrogen (secondary N) is 1. The Morgan fingerprint density at radius 1 is 1.00 bits per heavy atom. The lowest BCUT2D eigenvalue weighted by atomic mass is 10.1. The van der Waals surface area contributed by atoms with Crippen molar-refractivity contribution in [2.24, 2.45) is 5.73 Å². The fourth-order valence-corrected chi connectivity index (χ4v) is 3.06. The van der Waals surface area contributed by atoms with Gasteiger partial charge in [0.05, 0.1) is 11.7 Å². The van der Waals surface area contributed by atoms with Crippen LogP contribution in [0.3, 0.4) is 0 Å². The van der Waals surface area contributed by atoms with Gasteiger partial charge in [-0.2, -0.15) is 0 Å². The minimum Gasteiger partial charge on any atom is -0.488 e. The number of ether oxygens (including phenoxy) is 2. The molecule has 0 aliphatic rings. The SMILES string of the molecule is NC(=O)c1ccccc1OCc1cccc(C(=O)NCC(O)c2ccc(OC(F)(F)F)cc2)c1. The Hall–Kier alpha value is -4.05. The predicted molar refractivity (Wildman–Crippen MR) is 116 cm³/mol. The highest BCUT2D eigenvalue weighted by molar-refractivity contribution is 5.95.